The fourth-order valence-electron chi connectivity index (χ4n) is 3.16. The summed E-state index contributed by atoms with van der Waals surface area (Å²) in [5.41, 5.74) is 1.97. The summed E-state index contributed by atoms with van der Waals surface area (Å²) < 4.78 is 10.8. The van der Waals surface area contributed by atoms with Crippen molar-refractivity contribution >= 4 is 11.9 Å². The molecule has 2 aromatic rings. The Balaban J connectivity index is 1.59. The first-order chi connectivity index (χ1) is 14.6. The Morgan fingerprint density at radius 1 is 0.733 bits per heavy atom. The molecule has 2 rings (SSSR count). The van der Waals surface area contributed by atoms with Crippen LogP contribution in [0.25, 0.3) is 11.1 Å². The Morgan fingerprint density at radius 2 is 1.30 bits per heavy atom. The maximum atomic E-state index is 12.2. The number of carbonyl (C=O) groups excluding carboxylic acids is 2. The fraction of sp³-hybridized carbons (Fsp3) is 0.462. The minimum Gasteiger partial charge on any atom is -0.465 e. The minimum atomic E-state index is -0.189. The van der Waals surface area contributed by atoms with Gasteiger partial charge in [0, 0.05) is 18.4 Å². The molecule has 0 N–H and O–H groups in total. The van der Waals surface area contributed by atoms with Gasteiger partial charge in [-0.1, -0.05) is 88.1 Å². The second-order valence-electron chi connectivity index (χ2n) is 8.03. The molecule has 0 radical (unpaired) electrons. The first-order valence-electron chi connectivity index (χ1n) is 11.1. The highest BCUT2D eigenvalue weighted by Crippen LogP contribution is 2.29. The topological polar surface area (TPSA) is 52.6 Å². The van der Waals surface area contributed by atoms with Gasteiger partial charge in [-0.2, -0.15) is 0 Å². The molecule has 0 atom stereocenters. The maximum absolute atomic E-state index is 12.2. The number of para-hydroxylation sites is 1. The van der Waals surface area contributed by atoms with Crippen LogP contribution in [-0.2, 0) is 14.3 Å². The lowest BCUT2D eigenvalue weighted by Gasteiger charge is -2.10. The Hall–Kier alpha value is -2.62. The Labute approximate surface area is 180 Å². The second kappa shape index (κ2) is 13.6. The van der Waals surface area contributed by atoms with E-state index < -0.39 is 0 Å². The molecule has 4 heteroatoms. The highest BCUT2D eigenvalue weighted by molar-refractivity contribution is 5.77. The van der Waals surface area contributed by atoms with E-state index in [9.17, 15) is 9.59 Å². The van der Waals surface area contributed by atoms with E-state index in [0.29, 0.717) is 31.1 Å². The van der Waals surface area contributed by atoms with Crippen LogP contribution in [0.4, 0.5) is 0 Å². The lowest BCUT2D eigenvalue weighted by molar-refractivity contribution is -0.144. The van der Waals surface area contributed by atoms with Crippen LogP contribution in [0.1, 0.15) is 65.2 Å². The van der Waals surface area contributed by atoms with Crippen molar-refractivity contribution in [1.29, 1.82) is 0 Å². The van der Waals surface area contributed by atoms with Gasteiger partial charge in [-0.05, 0) is 30.4 Å². The van der Waals surface area contributed by atoms with Crippen LogP contribution >= 0.6 is 0 Å². The second-order valence-corrected chi connectivity index (χ2v) is 8.03. The summed E-state index contributed by atoms with van der Waals surface area (Å²) in [6.45, 7) is 4.57. The van der Waals surface area contributed by atoms with Crippen LogP contribution in [0.3, 0.4) is 0 Å². The largest absolute Gasteiger partial charge is 0.465 e. The molecule has 0 heterocycles. The zero-order chi connectivity index (χ0) is 21.6. The molecule has 0 saturated heterocycles. The first kappa shape index (κ1) is 23.7. The highest BCUT2D eigenvalue weighted by Gasteiger charge is 2.10. The monoisotopic (exact) mass is 410 g/mol. The van der Waals surface area contributed by atoms with E-state index >= 15 is 0 Å². The maximum Gasteiger partial charge on any atom is 0.311 e. The van der Waals surface area contributed by atoms with Crippen molar-refractivity contribution in [3.05, 3.63) is 54.6 Å². The number of hydrogen-bond donors (Lipinski definition) is 0. The van der Waals surface area contributed by atoms with Gasteiger partial charge in [0.2, 0.25) is 0 Å². The SMILES string of the molecule is CC(C)COC(=O)CCCCCCCCC(=O)Oc1ccccc1-c1ccccc1. The quantitative estimate of drug-likeness (QED) is 0.213. The van der Waals surface area contributed by atoms with Gasteiger partial charge in [0.15, 0.2) is 0 Å². The zero-order valence-electron chi connectivity index (χ0n) is 18.3. The lowest BCUT2D eigenvalue weighted by Crippen LogP contribution is -2.09. The number of unbranched alkanes of at least 4 members (excludes halogenated alkanes) is 5. The van der Waals surface area contributed by atoms with Gasteiger partial charge >= 0.3 is 11.9 Å². The van der Waals surface area contributed by atoms with Crippen molar-refractivity contribution in [2.45, 2.75) is 65.2 Å². The van der Waals surface area contributed by atoms with Crippen molar-refractivity contribution in [2.75, 3.05) is 6.61 Å². The van der Waals surface area contributed by atoms with Crippen LogP contribution in [0.5, 0.6) is 5.75 Å². The molecule has 0 aliphatic carbocycles. The summed E-state index contributed by atoms with van der Waals surface area (Å²) in [4.78, 5) is 23.8. The molecule has 30 heavy (non-hydrogen) atoms. The highest BCUT2D eigenvalue weighted by atomic mass is 16.5. The van der Waals surface area contributed by atoms with Gasteiger partial charge in [0.1, 0.15) is 5.75 Å². The van der Waals surface area contributed by atoms with Gasteiger partial charge in [0.25, 0.3) is 0 Å². The summed E-state index contributed by atoms with van der Waals surface area (Å²) >= 11 is 0. The summed E-state index contributed by atoms with van der Waals surface area (Å²) in [5.74, 6) is 0.707. The van der Waals surface area contributed by atoms with E-state index in [1.165, 1.54) is 0 Å². The van der Waals surface area contributed by atoms with Crippen LogP contribution in [0, 0.1) is 5.92 Å². The summed E-state index contributed by atoms with van der Waals surface area (Å²) in [6, 6.07) is 17.6. The van der Waals surface area contributed by atoms with Gasteiger partial charge in [-0.25, -0.2) is 0 Å². The Bertz CT molecular complexity index is 768. The van der Waals surface area contributed by atoms with Gasteiger partial charge < -0.3 is 9.47 Å². The fourth-order valence-corrected chi connectivity index (χ4v) is 3.16. The van der Waals surface area contributed by atoms with E-state index in [0.717, 1.165) is 49.7 Å². The smallest absolute Gasteiger partial charge is 0.311 e. The molecule has 2 aromatic carbocycles. The van der Waals surface area contributed by atoms with Crippen molar-refractivity contribution in [1.82, 2.24) is 0 Å². The molecule has 0 bridgehead atoms. The Morgan fingerprint density at radius 3 is 1.97 bits per heavy atom. The molecule has 0 aliphatic rings. The number of rotatable bonds is 13. The molecule has 4 nitrogen and oxygen atoms in total. The first-order valence-corrected chi connectivity index (χ1v) is 11.1. The number of esters is 2. The lowest BCUT2D eigenvalue weighted by atomic mass is 10.0. The number of benzene rings is 2. The molecule has 0 saturated carbocycles. The molecule has 0 aliphatic heterocycles. The normalized spacial score (nSPS) is 10.8. The van der Waals surface area contributed by atoms with Crippen LogP contribution < -0.4 is 4.74 Å². The van der Waals surface area contributed by atoms with Gasteiger partial charge in [-0.15, -0.1) is 0 Å². The molecule has 0 unspecified atom stereocenters. The van der Waals surface area contributed by atoms with E-state index in [2.05, 4.69) is 0 Å². The van der Waals surface area contributed by atoms with E-state index in [1.54, 1.807) is 0 Å². The third kappa shape index (κ3) is 9.25. The molecule has 0 fully saturated rings. The molecule has 0 spiro atoms. The molecule has 0 amide bonds. The van der Waals surface area contributed by atoms with E-state index in [-0.39, 0.29) is 11.9 Å². The average molecular weight is 411 g/mol. The third-order valence-electron chi connectivity index (χ3n) is 4.79. The van der Waals surface area contributed by atoms with Gasteiger partial charge in [-0.3, -0.25) is 9.59 Å². The standard InChI is InChI=1S/C26H34O4/c1-21(2)20-29-25(27)18-10-5-3-4-6-11-19-26(28)30-24-17-13-12-16-23(24)22-14-8-7-9-15-22/h7-9,12-17,21H,3-6,10-11,18-20H2,1-2H3. The van der Waals surface area contributed by atoms with Crippen molar-refractivity contribution in [2.24, 2.45) is 5.92 Å². The van der Waals surface area contributed by atoms with Crippen molar-refractivity contribution < 1.29 is 19.1 Å². The molecular weight excluding hydrogens is 376 g/mol. The summed E-state index contributed by atoms with van der Waals surface area (Å²) in [5, 5.41) is 0. The van der Waals surface area contributed by atoms with Crippen LogP contribution in [0.2, 0.25) is 0 Å². The molecule has 0 aromatic heterocycles. The summed E-state index contributed by atoms with van der Waals surface area (Å²) in [6.07, 6.45) is 6.76. The van der Waals surface area contributed by atoms with E-state index in [1.807, 2.05) is 68.4 Å². The summed E-state index contributed by atoms with van der Waals surface area (Å²) in [7, 11) is 0. The minimum absolute atomic E-state index is 0.0952. The van der Waals surface area contributed by atoms with Crippen LogP contribution in [-0.4, -0.2) is 18.5 Å². The molecular formula is C26H34O4. The third-order valence-corrected chi connectivity index (χ3v) is 4.79. The van der Waals surface area contributed by atoms with Crippen molar-refractivity contribution in [3.63, 3.8) is 0 Å². The average Bonchev–Trinajstić information content (AvgIpc) is 2.75. The number of carbonyl (C=O) groups is 2. The van der Waals surface area contributed by atoms with Gasteiger partial charge in [0.05, 0.1) is 6.61 Å². The zero-order valence-corrected chi connectivity index (χ0v) is 18.3. The van der Waals surface area contributed by atoms with E-state index in [4.69, 9.17) is 9.47 Å². The number of ether oxygens (including phenoxy) is 2. The predicted octanol–water partition coefficient (Wildman–Crippen LogP) is 6.58. The predicted molar refractivity (Wildman–Crippen MR) is 120 cm³/mol. The van der Waals surface area contributed by atoms with Crippen LogP contribution in [0.15, 0.2) is 54.6 Å². The number of hydrogen-bond acceptors (Lipinski definition) is 4. The Kier molecular flexibility index (Phi) is 10.7. The van der Waals surface area contributed by atoms with Crippen molar-refractivity contribution in [3.8, 4) is 16.9 Å². The molecule has 162 valence electrons.